The molecule has 1 heterocycles. The Labute approximate surface area is 152 Å². The molecule has 1 aliphatic heterocycles. The van der Waals surface area contributed by atoms with Crippen molar-refractivity contribution in [1.29, 1.82) is 0 Å². The number of carbonyl (C=O) groups is 1. The smallest absolute Gasteiger partial charge is 0.222 e. The average molecular weight is 365 g/mol. The van der Waals surface area contributed by atoms with Crippen LogP contribution >= 0.6 is 0 Å². The van der Waals surface area contributed by atoms with E-state index in [4.69, 9.17) is 0 Å². The molecular weight excluding hydrogens is 336 g/mol. The number of aliphatic imine (C=N–C) groups is 1. The summed E-state index contributed by atoms with van der Waals surface area (Å²) in [5.74, 6) is 2.04. The number of guanidine groups is 1. The zero-order valence-corrected chi connectivity index (χ0v) is 15.8. The lowest BCUT2D eigenvalue weighted by molar-refractivity contribution is -0.129. The number of likely N-dealkylation sites (tertiary alicyclic amines) is 1. The molecule has 0 aliphatic carbocycles. The van der Waals surface area contributed by atoms with E-state index in [1.165, 1.54) is 0 Å². The Hall–Kier alpha value is -1.89. The Bertz CT molecular complexity index is 606. The summed E-state index contributed by atoms with van der Waals surface area (Å²) in [7, 11) is 0.818. The van der Waals surface area contributed by atoms with E-state index in [1.54, 1.807) is 7.05 Å². The lowest BCUT2D eigenvalue weighted by Gasteiger charge is -2.18. The number of rotatable bonds is 7. The molecule has 138 valence electrons. The van der Waals surface area contributed by atoms with Crippen LogP contribution in [-0.4, -0.2) is 59.5 Å². The standard InChI is InChI=1S/C18H28N4O2S/c1-3-17(23)22-11-9-16(13-22)21-18(19-2)20-10-12-25(24)14-15-7-5-4-6-8-15/h4-8,16H,3,9-14H2,1-2H3,(H2,19,20,21). The van der Waals surface area contributed by atoms with Crippen molar-refractivity contribution in [1.82, 2.24) is 15.5 Å². The summed E-state index contributed by atoms with van der Waals surface area (Å²) in [5, 5.41) is 6.56. The monoisotopic (exact) mass is 364 g/mol. The molecule has 0 radical (unpaired) electrons. The van der Waals surface area contributed by atoms with Crippen molar-refractivity contribution in [2.45, 2.75) is 31.6 Å². The van der Waals surface area contributed by atoms with Crippen molar-refractivity contribution < 1.29 is 9.00 Å². The maximum Gasteiger partial charge on any atom is 0.222 e. The minimum Gasteiger partial charge on any atom is -0.355 e. The van der Waals surface area contributed by atoms with Crippen molar-refractivity contribution in [2.75, 3.05) is 32.4 Å². The predicted octanol–water partition coefficient (Wildman–Crippen LogP) is 1.11. The molecule has 0 bridgehead atoms. The first-order valence-corrected chi connectivity index (χ1v) is 10.2. The fourth-order valence-corrected chi connectivity index (χ4v) is 3.87. The largest absolute Gasteiger partial charge is 0.355 e. The van der Waals surface area contributed by atoms with Gasteiger partial charge in [0.25, 0.3) is 0 Å². The van der Waals surface area contributed by atoms with Crippen LogP contribution < -0.4 is 10.6 Å². The van der Waals surface area contributed by atoms with Gasteiger partial charge in [-0.25, -0.2) is 0 Å². The normalized spacial score (nSPS) is 18.9. The molecule has 1 aliphatic rings. The third-order valence-electron chi connectivity index (χ3n) is 4.20. The highest BCUT2D eigenvalue weighted by Gasteiger charge is 2.25. The van der Waals surface area contributed by atoms with Crippen LogP contribution in [0.1, 0.15) is 25.3 Å². The minimum atomic E-state index is -0.905. The van der Waals surface area contributed by atoms with Gasteiger partial charge < -0.3 is 15.5 Å². The average Bonchev–Trinajstić information content (AvgIpc) is 3.09. The van der Waals surface area contributed by atoms with Gasteiger partial charge in [-0.1, -0.05) is 37.3 Å². The molecule has 25 heavy (non-hydrogen) atoms. The van der Waals surface area contributed by atoms with Gasteiger partial charge >= 0.3 is 0 Å². The van der Waals surface area contributed by atoms with Gasteiger partial charge in [0.05, 0.1) is 0 Å². The van der Waals surface area contributed by atoms with Crippen LogP contribution in [0.15, 0.2) is 35.3 Å². The van der Waals surface area contributed by atoms with Gasteiger partial charge in [-0.3, -0.25) is 14.0 Å². The molecule has 2 unspecified atom stereocenters. The van der Waals surface area contributed by atoms with Crippen LogP contribution in [0, 0.1) is 0 Å². The zero-order chi connectivity index (χ0) is 18.1. The third kappa shape index (κ3) is 6.49. The molecule has 0 spiro atoms. The maximum atomic E-state index is 12.1. The third-order valence-corrected chi connectivity index (χ3v) is 5.52. The van der Waals surface area contributed by atoms with E-state index in [0.29, 0.717) is 37.0 Å². The van der Waals surface area contributed by atoms with Gasteiger partial charge in [0.2, 0.25) is 5.91 Å². The van der Waals surface area contributed by atoms with E-state index in [2.05, 4.69) is 15.6 Å². The van der Waals surface area contributed by atoms with Crippen LogP contribution in [0.4, 0.5) is 0 Å². The van der Waals surface area contributed by atoms with E-state index in [9.17, 15) is 9.00 Å². The number of amides is 1. The Balaban J connectivity index is 1.69. The highest BCUT2D eigenvalue weighted by atomic mass is 32.2. The molecule has 1 fully saturated rings. The second kappa shape index (κ2) is 10.2. The van der Waals surface area contributed by atoms with E-state index >= 15 is 0 Å². The second-order valence-corrected chi connectivity index (χ2v) is 7.67. The summed E-state index contributed by atoms with van der Waals surface area (Å²) in [6.07, 6.45) is 1.47. The molecule has 2 N–H and O–H groups in total. The molecule has 2 rings (SSSR count). The molecule has 0 aromatic heterocycles. The Morgan fingerprint density at radius 2 is 2.12 bits per heavy atom. The predicted molar refractivity (Wildman–Crippen MR) is 103 cm³/mol. The van der Waals surface area contributed by atoms with Gasteiger partial charge in [0.1, 0.15) is 0 Å². The number of nitrogens with zero attached hydrogens (tertiary/aromatic N) is 2. The SMILES string of the molecule is CCC(=O)N1CCC(NC(=NC)NCCS(=O)Cc2ccccc2)C1. The van der Waals surface area contributed by atoms with Crippen molar-refractivity contribution in [2.24, 2.45) is 4.99 Å². The molecule has 1 aromatic carbocycles. The summed E-state index contributed by atoms with van der Waals surface area (Å²) in [6.45, 7) is 4.00. The van der Waals surface area contributed by atoms with Crippen molar-refractivity contribution in [3.05, 3.63) is 35.9 Å². The summed E-state index contributed by atoms with van der Waals surface area (Å²) in [6, 6.07) is 10.1. The second-order valence-electron chi connectivity index (χ2n) is 6.10. The minimum absolute atomic E-state index is 0.198. The number of hydrogen-bond acceptors (Lipinski definition) is 3. The zero-order valence-electron chi connectivity index (χ0n) is 15.0. The van der Waals surface area contributed by atoms with Gasteiger partial charge in [-0.2, -0.15) is 0 Å². The first-order chi connectivity index (χ1) is 12.1. The summed E-state index contributed by atoms with van der Waals surface area (Å²) < 4.78 is 12.1. The van der Waals surface area contributed by atoms with Crippen LogP contribution in [0.5, 0.6) is 0 Å². The van der Waals surface area contributed by atoms with Crippen LogP contribution in [0.3, 0.4) is 0 Å². The number of carbonyl (C=O) groups excluding carboxylic acids is 1. The number of hydrogen-bond donors (Lipinski definition) is 2. The molecule has 1 saturated heterocycles. The van der Waals surface area contributed by atoms with Crippen LogP contribution in [-0.2, 0) is 21.3 Å². The fraction of sp³-hybridized carbons (Fsp3) is 0.556. The number of nitrogens with one attached hydrogen (secondary N) is 2. The molecule has 6 nitrogen and oxygen atoms in total. The quantitative estimate of drug-likeness (QED) is 0.562. The lowest BCUT2D eigenvalue weighted by Crippen LogP contribution is -2.45. The first-order valence-electron chi connectivity index (χ1n) is 8.76. The summed E-state index contributed by atoms with van der Waals surface area (Å²) >= 11 is 0. The molecule has 0 saturated carbocycles. The van der Waals surface area contributed by atoms with E-state index < -0.39 is 10.8 Å². The maximum absolute atomic E-state index is 12.1. The van der Waals surface area contributed by atoms with Crippen molar-refractivity contribution >= 4 is 22.7 Å². The topological polar surface area (TPSA) is 73.8 Å². The Kier molecular flexibility index (Phi) is 7.91. The fourth-order valence-electron chi connectivity index (χ4n) is 2.83. The van der Waals surface area contributed by atoms with Gasteiger partial charge in [-0.05, 0) is 12.0 Å². The molecular formula is C18H28N4O2S. The van der Waals surface area contributed by atoms with Gasteiger partial charge in [0.15, 0.2) is 5.96 Å². The van der Waals surface area contributed by atoms with Crippen LogP contribution in [0.2, 0.25) is 0 Å². The van der Waals surface area contributed by atoms with Gasteiger partial charge in [0, 0.05) is 61.4 Å². The van der Waals surface area contributed by atoms with Crippen LogP contribution in [0.25, 0.3) is 0 Å². The molecule has 7 heteroatoms. The molecule has 1 amide bonds. The number of benzene rings is 1. The van der Waals surface area contributed by atoms with E-state index in [-0.39, 0.29) is 11.9 Å². The van der Waals surface area contributed by atoms with Crippen molar-refractivity contribution in [3.8, 4) is 0 Å². The van der Waals surface area contributed by atoms with E-state index in [1.807, 2.05) is 42.2 Å². The lowest BCUT2D eigenvalue weighted by atomic mass is 10.2. The molecule has 1 aromatic rings. The highest BCUT2D eigenvalue weighted by Crippen LogP contribution is 2.10. The summed E-state index contributed by atoms with van der Waals surface area (Å²) in [4.78, 5) is 17.8. The van der Waals surface area contributed by atoms with E-state index in [0.717, 1.165) is 18.5 Å². The van der Waals surface area contributed by atoms with Crippen molar-refractivity contribution in [3.63, 3.8) is 0 Å². The Morgan fingerprint density at radius 1 is 1.36 bits per heavy atom. The first kappa shape index (κ1) is 19.4. The summed E-state index contributed by atoms with van der Waals surface area (Å²) in [5.41, 5.74) is 1.09. The molecule has 2 atom stereocenters. The van der Waals surface area contributed by atoms with Gasteiger partial charge in [-0.15, -0.1) is 0 Å². The highest BCUT2D eigenvalue weighted by molar-refractivity contribution is 7.84. The Morgan fingerprint density at radius 3 is 2.80 bits per heavy atom.